The van der Waals surface area contributed by atoms with Crippen molar-refractivity contribution >= 4 is 5.97 Å². The third-order valence-electron chi connectivity index (χ3n) is 3.30. The van der Waals surface area contributed by atoms with Crippen LogP contribution in [0, 0.1) is 0 Å². The summed E-state index contributed by atoms with van der Waals surface area (Å²) in [7, 11) is 0. The highest BCUT2D eigenvalue weighted by Crippen LogP contribution is 2.14. The van der Waals surface area contributed by atoms with Gasteiger partial charge in [0.25, 0.3) is 0 Å². The van der Waals surface area contributed by atoms with Gasteiger partial charge in [-0.2, -0.15) is 0 Å². The SMILES string of the molecule is CCCC(Cc1ccccc1)N(CCC)CC(=O)O. The molecule has 0 amide bonds. The zero-order valence-electron chi connectivity index (χ0n) is 12.0. The Morgan fingerprint density at radius 3 is 2.42 bits per heavy atom. The van der Waals surface area contributed by atoms with Crippen molar-refractivity contribution in [3.05, 3.63) is 35.9 Å². The molecule has 1 aromatic carbocycles. The van der Waals surface area contributed by atoms with Crippen molar-refractivity contribution in [2.45, 2.75) is 45.6 Å². The number of aliphatic carboxylic acids is 1. The van der Waals surface area contributed by atoms with Gasteiger partial charge in [-0.05, 0) is 31.4 Å². The van der Waals surface area contributed by atoms with Crippen molar-refractivity contribution in [2.24, 2.45) is 0 Å². The molecule has 0 bridgehead atoms. The Balaban J connectivity index is 2.74. The molecule has 0 saturated heterocycles. The zero-order valence-corrected chi connectivity index (χ0v) is 12.0. The third kappa shape index (κ3) is 5.88. The lowest BCUT2D eigenvalue weighted by Gasteiger charge is -2.30. The van der Waals surface area contributed by atoms with Crippen LogP contribution < -0.4 is 0 Å². The molecule has 19 heavy (non-hydrogen) atoms. The molecule has 1 rings (SSSR count). The highest BCUT2D eigenvalue weighted by atomic mass is 16.4. The average Bonchev–Trinajstić information content (AvgIpc) is 2.38. The molecule has 1 atom stereocenters. The van der Waals surface area contributed by atoms with E-state index in [2.05, 4.69) is 30.9 Å². The molecule has 0 aliphatic heterocycles. The molecule has 0 radical (unpaired) electrons. The van der Waals surface area contributed by atoms with Crippen molar-refractivity contribution in [2.75, 3.05) is 13.1 Å². The summed E-state index contributed by atoms with van der Waals surface area (Å²) >= 11 is 0. The van der Waals surface area contributed by atoms with Crippen LogP contribution in [0.5, 0.6) is 0 Å². The molecular weight excluding hydrogens is 238 g/mol. The Morgan fingerprint density at radius 1 is 1.21 bits per heavy atom. The maximum Gasteiger partial charge on any atom is 0.317 e. The van der Waals surface area contributed by atoms with Crippen molar-refractivity contribution < 1.29 is 9.90 Å². The molecule has 0 aromatic heterocycles. The molecule has 0 fully saturated rings. The molecule has 1 N–H and O–H groups in total. The van der Waals surface area contributed by atoms with E-state index in [1.165, 1.54) is 5.56 Å². The minimum absolute atomic E-state index is 0.144. The number of nitrogens with zero attached hydrogens (tertiary/aromatic N) is 1. The van der Waals surface area contributed by atoms with Gasteiger partial charge in [0, 0.05) is 6.04 Å². The monoisotopic (exact) mass is 263 g/mol. The van der Waals surface area contributed by atoms with E-state index in [0.29, 0.717) is 6.04 Å². The van der Waals surface area contributed by atoms with E-state index in [9.17, 15) is 4.79 Å². The summed E-state index contributed by atoms with van der Waals surface area (Å²) in [5.41, 5.74) is 1.28. The number of carboxylic acid groups (broad SMARTS) is 1. The van der Waals surface area contributed by atoms with E-state index in [1.54, 1.807) is 0 Å². The summed E-state index contributed by atoms with van der Waals surface area (Å²) in [6.45, 7) is 5.25. The van der Waals surface area contributed by atoms with Crippen LogP contribution in [0.2, 0.25) is 0 Å². The summed E-state index contributed by atoms with van der Waals surface area (Å²) in [5.74, 6) is -0.734. The number of hydrogen-bond donors (Lipinski definition) is 1. The van der Waals surface area contributed by atoms with Gasteiger partial charge in [0.05, 0.1) is 6.54 Å². The second kappa shape index (κ2) is 8.70. The predicted molar refractivity (Wildman–Crippen MR) is 78.3 cm³/mol. The van der Waals surface area contributed by atoms with Crippen LogP contribution in [0.1, 0.15) is 38.7 Å². The fourth-order valence-electron chi connectivity index (χ4n) is 2.48. The van der Waals surface area contributed by atoms with Crippen molar-refractivity contribution in [3.63, 3.8) is 0 Å². The van der Waals surface area contributed by atoms with E-state index in [1.807, 2.05) is 18.2 Å². The minimum Gasteiger partial charge on any atom is -0.480 e. The number of benzene rings is 1. The van der Waals surface area contributed by atoms with Crippen LogP contribution in [0.4, 0.5) is 0 Å². The fourth-order valence-corrected chi connectivity index (χ4v) is 2.48. The maximum absolute atomic E-state index is 11.0. The van der Waals surface area contributed by atoms with Gasteiger partial charge in [-0.15, -0.1) is 0 Å². The molecule has 106 valence electrons. The standard InChI is InChI=1S/C16H25NO2/c1-3-8-15(12-14-9-6-5-7-10-14)17(11-4-2)13-16(18)19/h5-7,9-10,15H,3-4,8,11-13H2,1-2H3,(H,18,19). The van der Waals surface area contributed by atoms with Gasteiger partial charge < -0.3 is 5.11 Å². The molecule has 3 nitrogen and oxygen atoms in total. The molecule has 0 spiro atoms. The minimum atomic E-state index is -0.734. The van der Waals surface area contributed by atoms with E-state index in [0.717, 1.165) is 32.2 Å². The van der Waals surface area contributed by atoms with Crippen LogP contribution in [-0.2, 0) is 11.2 Å². The van der Waals surface area contributed by atoms with E-state index in [4.69, 9.17) is 5.11 Å². The molecule has 0 saturated carbocycles. The lowest BCUT2D eigenvalue weighted by Crippen LogP contribution is -2.41. The maximum atomic E-state index is 11.0. The fraction of sp³-hybridized carbons (Fsp3) is 0.562. The molecule has 3 heteroatoms. The quantitative estimate of drug-likeness (QED) is 0.744. The van der Waals surface area contributed by atoms with Crippen LogP contribution >= 0.6 is 0 Å². The van der Waals surface area contributed by atoms with E-state index in [-0.39, 0.29) is 6.54 Å². The first kappa shape index (κ1) is 15.7. The summed E-state index contributed by atoms with van der Waals surface area (Å²) in [5, 5.41) is 9.05. The number of rotatable bonds is 9. The van der Waals surface area contributed by atoms with Crippen molar-refractivity contribution in [1.82, 2.24) is 4.90 Å². The van der Waals surface area contributed by atoms with E-state index >= 15 is 0 Å². The molecule has 0 aliphatic carbocycles. The topological polar surface area (TPSA) is 40.5 Å². The Kier molecular flexibility index (Phi) is 7.19. The van der Waals surface area contributed by atoms with Crippen LogP contribution in [0.25, 0.3) is 0 Å². The summed E-state index contributed by atoms with van der Waals surface area (Å²) in [6.07, 6.45) is 4.05. The second-order valence-corrected chi connectivity index (χ2v) is 5.00. The predicted octanol–water partition coefficient (Wildman–Crippen LogP) is 3.19. The highest BCUT2D eigenvalue weighted by Gasteiger charge is 2.19. The smallest absolute Gasteiger partial charge is 0.317 e. The average molecular weight is 263 g/mol. The van der Waals surface area contributed by atoms with Crippen molar-refractivity contribution in [1.29, 1.82) is 0 Å². The Morgan fingerprint density at radius 2 is 1.89 bits per heavy atom. The van der Waals surface area contributed by atoms with Gasteiger partial charge in [0.15, 0.2) is 0 Å². The molecule has 0 heterocycles. The van der Waals surface area contributed by atoms with E-state index < -0.39 is 5.97 Å². The molecule has 1 aromatic rings. The first-order valence-corrected chi connectivity index (χ1v) is 7.17. The molecule has 0 aliphatic rings. The summed E-state index contributed by atoms with van der Waals surface area (Å²) in [4.78, 5) is 13.1. The number of hydrogen-bond acceptors (Lipinski definition) is 2. The molecular formula is C16H25NO2. The largest absolute Gasteiger partial charge is 0.480 e. The lowest BCUT2D eigenvalue weighted by molar-refractivity contribution is -0.139. The summed E-state index contributed by atoms with van der Waals surface area (Å²) < 4.78 is 0. The van der Waals surface area contributed by atoms with Gasteiger partial charge in [0.1, 0.15) is 0 Å². The first-order valence-electron chi connectivity index (χ1n) is 7.17. The summed E-state index contributed by atoms with van der Waals surface area (Å²) in [6, 6.07) is 10.7. The zero-order chi connectivity index (χ0) is 14.1. The van der Waals surface area contributed by atoms with Crippen LogP contribution in [0.3, 0.4) is 0 Å². The van der Waals surface area contributed by atoms with Crippen LogP contribution in [0.15, 0.2) is 30.3 Å². The lowest BCUT2D eigenvalue weighted by atomic mass is 10.00. The first-order chi connectivity index (χ1) is 9.17. The number of carbonyl (C=O) groups is 1. The van der Waals surface area contributed by atoms with Gasteiger partial charge in [-0.3, -0.25) is 9.69 Å². The van der Waals surface area contributed by atoms with Gasteiger partial charge in [-0.25, -0.2) is 0 Å². The number of carboxylic acids is 1. The van der Waals surface area contributed by atoms with Gasteiger partial charge in [0.2, 0.25) is 0 Å². The normalized spacial score (nSPS) is 12.6. The van der Waals surface area contributed by atoms with Crippen LogP contribution in [-0.4, -0.2) is 35.1 Å². The Labute approximate surface area is 116 Å². The van der Waals surface area contributed by atoms with Gasteiger partial charge >= 0.3 is 5.97 Å². The second-order valence-electron chi connectivity index (χ2n) is 5.00. The third-order valence-corrected chi connectivity index (χ3v) is 3.30. The van der Waals surface area contributed by atoms with Crippen molar-refractivity contribution in [3.8, 4) is 0 Å². The highest BCUT2D eigenvalue weighted by molar-refractivity contribution is 5.69. The molecule has 1 unspecified atom stereocenters. The Hall–Kier alpha value is -1.35. The Bertz CT molecular complexity index is 364. The van der Waals surface area contributed by atoms with Gasteiger partial charge in [-0.1, -0.05) is 50.6 Å².